The van der Waals surface area contributed by atoms with E-state index < -0.39 is 0 Å². The molecule has 1 aromatic carbocycles. The third-order valence-electron chi connectivity index (χ3n) is 3.29. The first-order chi connectivity index (χ1) is 9.08. The molecule has 4 heteroatoms. The highest BCUT2D eigenvalue weighted by Crippen LogP contribution is 2.28. The smallest absolute Gasteiger partial charge is 0.141 e. The van der Waals surface area contributed by atoms with E-state index in [1.807, 2.05) is 6.07 Å². The first-order valence-corrected chi connectivity index (χ1v) is 7.60. The lowest BCUT2D eigenvalue weighted by Gasteiger charge is -2.14. The summed E-state index contributed by atoms with van der Waals surface area (Å²) in [4.78, 5) is 0. The fourth-order valence-electron chi connectivity index (χ4n) is 2.03. The highest BCUT2D eigenvalue weighted by Gasteiger charge is 2.10. The third-order valence-corrected chi connectivity index (χ3v) is 3.90. The van der Waals surface area contributed by atoms with Crippen LogP contribution in [0.4, 0.5) is 4.39 Å². The predicted octanol–water partition coefficient (Wildman–Crippen LogP) is 4.17. The summed E-state index contributed by atoms with van der Waals surface area (Å²) >= 11 is 3.23. The molecule has 0 amide bonds. The Labute approximate surface area is 123 Å². The van der Waals surface area contributed by atoms with Crippen molar-refractivity contribution in [2.45, 2.75) is 33.1 Å². The molecule has 0 aromatic heterocycles. The van der Waals surface area contributed by atoms with Gasteiger partial charge in [-0.05, 0) is 65.8 Å². The minimum absolute atomic E-state index is 0.277. The van der Waals surface area contributed by atoms with E-state index in [1.54, 1.807) is 7.11 Å². The molecule has 0 heterocycles. The minimum atomic E-state index is -0.277. The summed E-state index contributed by atoms with van der Waals surface area (Å²) in [6.07, 6.45) is 3.16. The van der Waals surface area contributed by atoms with Gasteiger partial charge < -0.3 is 10.1 Å². The maximum atomic E-state index is 13.4. The van der Waals surface area contributed by atoms with Crippen LogP contribution >= 0.6 is 15.9 Å². The maximum absolute atomic E-state index is 13.4. The molecule has 0 aliphatic rings. The van der Waals surface area contributed by atoms with Crippen molar-refractivity contribution < 1.29 is 9.13 Å². The van der Waals surface area contributed by atoms with Crippen LogP contribution in [-0.4, -0.2) is 20.2 Å². The Morgan fingerprint density at radius 2 is 2.11 bits per heavy atom. The number of hydrogen-bond donors (Lipinski definition) is 1. The zero-order chi connectivity index (χ0) is 14.3. The molecule has 1 N–H and O–H groups in total. The lowest BCUT2D eigenvalue weighted by molar-refractivity contribution is 0.401. The first kappa shape index (κ1) is 16.4. The summed E-state index contributed by atoms with van der Waals surface area (Å²) in [5.41, 5.74) is 1.06. The van der Waals surface area contributed by atoms with Gasteiger partial charge in [0, 0.05) is 6.07 Å². The van der Waals surface area contributed by atoms with E-state index >= 15 is 0 Å². The van der Waals surface area contributed by atoms with E-state index in [-0.39, 0.29) is 5.82 Å². The first-order valence-electron chi connectivity index (χ1n) is 6.81. The molecule has 1 rings (SSSR count). The Bertz CT molecular complexity index is 398. The normalized spacial score (nSPS) is 12.5. The predicted molar refractivity (Wildman–Crippen MR) is 81.3 cm³/mol. The number of nitrogens with one attached hydrogen (secondary N) is 1. The summed E-state index contributed by atoms with van der Waals surface area (Å²) in [5.74, 6) is 1.01. The molecule has 0 aliphatic heterocycles. The molecule has 1 unspecified atom stereocenters. The Kier molecular flexibility index (Phi) is 7.39. The van der Waals surface area contributed by atoms with Crippen molar-refractivity contribution in [2.75, 3.05) is 20.2 Å². The SMILES string of the molecule is CCNCCC(C)CCc1cc(Br)c(F)cc1OC. The van der Waals surface area contributed by atoms with Gasteiger partial charge in [0.25, 0.3) is 0 Å². The van der Waals surface area contributed by atoms with Gasteiger partial charge in [0.15, 0.2) is 0 Å². The number of ether oxygens (including phenoxy) is 1. The van der Waals surface area contributed by atoms with Crippen LogP contribution < -0.4 is 10.1 Å². The second kappa shape index (κ2) is 8.54. The standard InChI is InChI=1S/C15H23BrFNO/c1-4-18-8-7-11(2)5-6-12-9-13(16)14(17)10-15(12)19-3/h9-11,18H,4-8H2,1-3H3. The highest BCUT2D eigenvalue weighted by molar-refractivity contribution is 9.10. The van der Waals surface area contributed by atoms with Crippen LogP contribution in [0, 0.1) is 11.7 Å². The van der Waals surface area contributed by atoms with Crippen LogP contribution in [0.15, 0.2) is 16.6 Å². The van der Waals surface area contributed by atoms with Crippen LogP contribution in [0.5, 0.6) is 5.75 Å². The number of rotatable bonds is 8. The van der Waals surface area contributed by atoms with Crippen LogP contribution in [0.25, 0.3) is 0 Å². The molecule has 1 aromatic rings. The zero-order valence-electron chi connectivity index (χ0n) is 11.9. The number of halogens is 2. The zero-order valence-corrected chi connectivity index (χ0v) is 13.5. The van der Waals surface area contributed by atoms with Crippen molar-refractivity contribution in [2.24, 2.45) is 5.92 Å². The molecule has 0 saturated carbocycles. The summed E-state index contributed by atoms with van der Waals surface area (Å²) in [6, 6.07) is 3.27. The Morgan fingerprint density at radius 1 is 1.37 bits per heavy atom. The number of aryl methyl sites for hydroxylation is 1. The lowest BCUT2D eigenvalue weighted by Crippen LogP contribution is -2.16. The van der Waals surface area contributed by atoms with E-state index in [2.05, 4.69) is 35.1 Å². The quantitative estimate of drug-likeness (QED) is 0.722. The molecule has 0 spiro atoms. The van der Waals surface area contributed by atoms with Gasteiger partial charge in [0.1, 0.15) is 11.6 Å². The van der Waals surface area contributed by atoms with Gasteiger partial charge in [-0.1, -0.05) is 13.8 Å². The van der Waals surface area contributed by atoms with Gasteiger partial charge in [-0.3, -0.25) is 0 Å². The van der Waals surface area contributed by atoms with Crippen molar-refractivity contribution >= 4 is 15.9 Å². The molecule has 19 heavy (non-hydrogen) atoms. The summed E-state index contributed by atoms with van der Waals surface area (Å²) < 4.78 is 19.2. The van der Waals surface area contributed by atoms with Crippen molar-refractivity contribution in [3.63, 3.8) is 0 Å². The van der Waals surface area contributed by atoms with E-state index in [1.165, 1.54) is 12.5 Å². The number of methoxy groups -OCH3 is 1. The van der Waals surface area contributed by atoms with Gasteiger partial charge in [-0.25, -0.2) is 4.39 Å². The van der Waals surface area contributed by atoms with Crippen molar-refractivity contribution in [1.82, 2.24) is 5.32 Å². The van der Waals surface area contributed by atoms with Gasteiger partial charge >= 0.3 is 0 Å². The molecule has 0 aliphatic carbocycles. The van der Waals surface area contributed by atoms with Crippen LogP contribution in [0.1, 0.15) is 32.3 Å². The minimum Gasteiger partial charge on any atom is -0.496 e. The topological polar surface area (TPSA) is 21.3 Å². The van der Waals surface area contributed by atoms with Gasteiger partial charge in [-0.15, -0.1) is 0 Å². The number of benzene rings is 1. The molecular formula is C15H23BrFNO. The van der Waals surface area contributed by atoms with Crippen LogP contribution in [-0.2, 0) is 6.42 Å². The average molecular weight is 332 g/mol. The highest BCUT2D eigenvalue weighted by atomic mass is 79.9. The molecule has 2 nitrogen and oxygen atoms in total. The van der Waals surface area contributed by atoms with Crippen LogP contribution in [0.2, 0.25) is 0 Å². The molecule has 0 radical (unpaired) electrons. The average Bonchev–Trinajstić information content (AvgIpc) is 2.40. The molecule has 0 bridgehead atoms. The van der Waals surface area contributed by atoms with Gasteiger partial charge in [-0.2, -0.15) is 0 Å². The molecule has 1 atom stereocenters. The van der Waals surface area contributed by atoms with Crippen molar-refractivity contribution in [3.05, 3.63) is 28.0 Å². The van der Waals surface area contributed by atoms with E-state index in [0.29, 0.717) is 16.1 Å². The van der Waals surface area contributed by atoms with Crippen molar-refractivity contribution in [3.8, 4) is 5.75 Å². The lowest BCUT2D eigenvalue weighted by atomic mass is 9.98. The Morgan fingerprint density at radius 3 is 2.74 bits per heavy atom. The maximum Gasteiger partial charge on any atom is 0.141 e. The molecular weight excluding hydrogens is 309 g/mol. The summed E-state index contributed by atoms with van der Waals surface area (Å²) in [6.45, 7) is 6.45. The molecule has 108 valence electrons. The van der Waals surface area contributed by atoms with Crippen LogP contribution in [0.3, 0.4) is 0 Å². The van der Waals surface area contributed by atoms with E-state index in [9.17, 15) is 4.39 Å². The summed E-state index contributed by atoms with van der Waals surface area (Å²) in [7, 11) is 1.58. The fourth-order valence-corrected chi connectivity index (χ4v) is 2.42. The van der Waals surface area contributed by atoms with Gasteiger partial charge in [0.2, 0.25) is 0 Å². The second-order valence-electron chi connectivity index (χ2n) is 4.86. The molecule has 0 saturated heterocycles. The Hall–Kier alpha value is -0.610. The molecule has 0 fully saturated rings. The van der Waals surface area contributed by atoms with E-state index in [0.717, 1.165) is 31.5 Å². The summed E-state index contributed by atoms with van der Waals surface area (Å²) in [5, 5.41) is 3.33. The van der Waals surface area contributed by atoms with Gasteiger partial charge in [0.05, 0.1) is 11.6 Å². The van der Waals surface area contributed by atoms with E-state index in [4.69, 9.17) is 4.74 Å². The Balaban J connectivity index is 2.54. The largest absolute Gasteiger partial charge is 0.496 e. The monoisotopic (exact) mass is 331 g/mol. The third kappa shape index (κ3) is 5.49. The van der Waals surface area contributed by atoms with Crippen molar-refractivity contribution in [1.29, 1.82) is 0 Å². The fraction of sp³-hybridized carbons (Fsp3) is 0.600. The second-order valence-corrected chi connectivity index (χ2v) is 5.72. The number of hydrogen-bond acceptors (Lipinski definition) is 2.